The molecule has 0 aliphatic carbocycles. The molecule has 1 aromatic carbocycles. The van der Waals surface area contributed by atoms with Crippen LogP contribution in [0.3, 0.4) is 0 Å². The van der Waals surface area contributed by atoms with Crippen LogP contribution in [0.1, 0.15) is 23.7 Å². The van der Waals surface area contributed by atoms with E-state index in [-0.39, 0.29) is 18.0 Å². The van der Waals surface area contributed by atoms with E-state index in [0.717, 1.165) is 25.2 Å². The highest BCUT2D eigenvalue weighted by atomic mass is 19.2. The molecule has 0 bridgehead atoms. The third-order valence-corrected chi connectivity index (χ3v) is 3.74. The van der Waals surface area contributed by atoms with Gasteiger partial charge < -0.3 is 15.1 Å². The lowest BCUT2D eigenvalue weighted by Crippen LogP contribution is -2.50. The van der Waals surface area contributed by atoms with Crippen LogP contribution in [0.4, 0.5) is 8.78 Å². The average molecular weight is 325 g/mol. The van der Waals surface area contributed by atoms with E-state index in [1.807, 2.05) is 6.92 Å². The van der Waals surface area contributed by atoms with Crippen molar-refractivity contribution in [1.82, 2.24) is 15.1 Å². The van der Waals surface area contributed by atoms with Gasteiger partial charge in [0.1, 0.15) is 6.54 Å². The van der Waals surface area contributed by atoms with Crippen LogP contribution < -0.4 is 5.32 Å². The van der Waals surface area contributed by atoms with E-state index < -0.39 is 17.5 Å². The second-order valence-electron chi connectivity index (χ2n) is 5.49. The fourth-order valence-corrected chi connectivity index (χ4v) is 2.51. The van der Waals surface area contributed by atoms with Gasteiger partial charge >= 0.3 is 0 Å². The number of rotatable bonds is 5. The first kappa shape index (κ1) is 17.3. The van der Waals surface area contributed by atoms with Crippen LogP contribution in [0.25, 0.3) is 0 Å². The van der Waals surface area contributed by atoms with Crippen molar-refractivity contribution < 1.29 is 18.4 Å². The van der Waals surface area contributed by atoms with Crippen molar-refractivity contribution in [3.63, 3.8) is 0 Å². The lowest BCUT2D eigenvalue weighted by Gasteiger charge is -2.30. The first-order valence-corrected chi connectivity index (χ1v) is 7.75. The van der Waals surface area contributed by atoms with E-state index in [1.54, 1.807) is 4.90 Å². The maximum atomic E-state index is 13.3. The Morgan fingerprint density at radius 2 is 1.91 bits per heavy atom. The molecule has 0 unspecified atom stereocenters. The number of halogens is 2. The van der Waals surface area contributed by atoms with Gasteiger partial charge in [0.05, 0.1) is 0 Å². The van der Waals surface area contributed by atoms with E-state index in [9.17, 15) is 18.4 Å². The van der Waals surface area contributed by atoms with Crippen molar-refractivity contribution in [3.05, 3.63) is 35.4 Å². The maximum absolute atomic E-state index is 13.3. The summed E-state index contributed by atoms with van der Waals surface area (Å²) in [5.41, 5.74) is 0.0467. The van der Waals surface area contributed by atoms with Crippen LogP contribution in [0.2, 0.25) is 0 Å². The van der Waals surface area contributed by atoms with Gasteiger partial charge in [0, 0.05) is 38.3 Å². The number of nitrogens with one attached hydrogen (secondary N) is 1. The second-order valence-corrected chi connectivity index (χ2v) is 5.49. The Morgan fingerprint density at radius 3 is 2.52 bits per heavy atom. The predicted octanol–water partition coefficient (Wildman–Crippen LogP) is 1.25. The summed E-state index contributed by atoms with van der Waals surface area (Å²) in [6.07, 6.45) is 0.671. The minimum Gasteiger partial charge on any atom is -0.339 e. The summed E-state index contributed by atoms with van der Waals surface area (Å²) in [7, 11) is 0. The number of piperazine rings is 1. The molecule has 1 aliphatic rings. The molecule has 0 aromatic heterocycles. The lowest BCUT2D eigenvalue weighted by atomic mass is 10.1. The molecule has 2 amide bonds. The van der Waals surface area contributed by atoms with Gasteiger partial charge in [-0.3, -0.25) is 9.59 Å². The molecule has 126 valence electrons. The Labute approximate surface area is 134 Å². The number of benzene rings is 1. The molecule has 0 atom stereocenters. The SMILES string of the molecule is CCCN(CC(=O)N1CCNCC1)C(=O)c1ccc(F)c(F)c1. The Bertz CT molecular complexity index is 574. The molecule has 0 radical (unpaired) electrons. The fraction of sp³-hybridized carbons (Fsp3) is 0.500. The van der Waals surface area contributed by atoms with Crippen LogP contribution >= 0.6 is 0 Å². The molecule has 0 spiro atoms. The summed E-state index contributed by atoms with van der Waals surface area (Å²) < 4.78 is 26.3. The highest BCUT2D eigenvalue weighted by Gasteiger charge is 2.23. The average Bonchev–Trinajstić information content (AvgIpc) is 2.57. The summed E-state index contributed by atoms with van der Waals surface area (Å²) in [4.78, 5) is 27.9. The summed E-state index contributed by atoms with van der Waals surface area (Å²) in [6.45, 7) is 4.91. The van der Waals surface area contributed by atoms with Crippen LogP contribution in [0.15, 0.2) is 18.2 Å². The number of hydrogen-bond donors (Lipinski definition) is 1. The minimum atomic E-state index is -1.07. The van der Waals surface area contributed by atoms with Crippen molar-refractivity contribution in [1.29, 1.82) is 0 Å². The number of hydrogen-bond acceptors (Lipinski definition) is 3. The smallest absolute Gasteiger partial charge is 0.254 e. The van der Waals surface area contributed by atoms with Gasteiger partial charge in [0.25, 0.3) is 5.91 Å². The number of amides is 2. The van der Waals surface area contributed by atoms with Crippen molar-refractivity contribution in [2.45, 2.75) is 13.3 Å². The first-order chi connectivity index (χ1) is 11.0. The Morgan fingerprint density at radius 1 is 1.22 bits per heavy atom. The quantitative estimate of drug-likeness (QED) is 0.886. The van der Waals surface area contributed by atoms with Crippen molar-refractivity contribution in [2.24, 2.45) is 0 Å². The number of carbonyl (C=O) groups is 2. The van der Waals surface area contributed by atoms with Crippen molar-refractivity contribution in [2.75, 3.05) is 39.3 Å². The van der Waals surface area contributed by atoms with Gasteiger partial charge in [-0.15, -0.1) is 0 Å². The standard InChI is InChI=1S/C16H21F2N3O2/c1-2-7-21(11-15(22)20-8-5-19-6-9-20)16(23)12-3-4-13(17)14(18)10-12/h3-4,10,19H,2,5-9,11H2,1H3. The molecular weight excluding hydrogens is 304 g/mol. The van der Waals surface area contributed by atoms with E-state index in [2.05, 4.69) is 5.32 Å². The van der Waals surface area contributed by atoms with E-state index in [0.29, 0.717) is 26.1 Å². The Kier molecular flexibility index (Phi) is 6.04. The topological polar surface area (TPSA) is 52.7 Å². The van der Waals surface area contributed by atoms with Crippen LogP contribution in [0.5, 0.6) is 0 Å². The van der Waals surface area contributed by atoms with Gasteiger partial charge in [-0.25, -0.2) is 8.78 Å². The summed E-state index contributed by atoms with van der Waals surface area (Å²) in [5, 5.41) is 3.16. The molecule has 1 fully saturated rings. The third-order valence-electron chi connectivity index (χ3n) is 3.74. The van der Waals surface area contributed by atoms with Gasteiger partial charge in [-0.05, 0) is 24.6 Å². The largest absolute Gasteiger partial charge is 0.339 e. The van der Waals surface area contributed by atoms with Crippen LogP contribution in [-0.4, -0.2) is 60.9 Å². The summed E-state index contributed by atoms with van der Waals surface area (Å²) in [5.74, 6) is -2.66. The van der Waals surface area contributed by atoms with E-state index >= 15 is 0 Å². The molecule has 7 heteroatoms. The van der Waals surface area contributed by atoms with Gasteiger partial charge in [-0.1, -0.05) is 6.92 Å². The molecule has 0 saturated carbocycles. The highest BCUT2D eigenvalue weighted by Crippen LogP contribution is 2.12. The zero-order valence-corrected chi connectivity index (χ0v) is 13.1. The molecule has 5 nitrogen and oxygen atoms in total. The first-order valence-electron chi connectivity index (χ1n) is 7.75. The van der Waals surface area contributed by atoms with Crippen molar-refractivity contribution >= 4 is 11.8 Å². The molecule has 1 saturated heterocycles. The minimum absolute atomic E-state index is 0.0467. The number of nitrogens with zero attached hydrogens (tertiary/aromatic N) is 2. The predicted molar refractivity (Wildman–Crippen MR) is 82.0 cm³/mol. The molecular formula is C16H21F2N3O2. The zero-order chi connectivity index (χ0) is 16.8. The third kappa shape index (κ3) is 4.48. The Hall–Kier alpha value is -2.02. The fourth-order valence-electron chi connectivity index (χ4n) is 2.51. The van der Waals surface area contributed by atoms with Gasteiger partial charge in [0.15, 0.2) is 11.6 Å². The molecule has 1 aliphatic heterocycles. The highest BCUT2D eigenvalue weighted by molar-refractivity contribution is 5.96. The monoisotopic (exact) mass is 325 g/mol. The zero-order valence-electron chi connectivity index (χ0n) is 13.1. The normalized spacial score (nSPS) is 14.7. The molecule has 1 heterocycles. The second kappa shape index (κ2) is 8.01. The van der Waals surface area contributed by atoms with Crippen LogP contribution in [0, 0.1) is 11.6 Å². The van der Waals surface area contributed by atoms with Crippen LogP contribution in [-0.2, 0) is 4.79 Å². The van der Waals surface area contributed by atoms with E-state index in [1.165, 1.54) is 11.0 Å². The molecule has 1 aromatic rings. The number of carbonyl (C=O) groups excluding carboxylic acids is 2. The lowest BCUT2D eigenvalue weighted by molar-refractivity contribution is -0.132. The molecule has 2 rings (SSSR count). The van der Waals surface area contributed by atoms with Gasteiger partial charge in [-0.2, -0.15) is 0 Å². The van der Waals surface area contributed by atoms with Crippen molar-refractivity contribution in [3.8, 4) is 0 Å². The maximum Gasteiger partial charge on any atom is 0.254 e. The van der Waals surface area contributed by atoms with E-state index in [4.69, 9.17) is 0 Å². The Balaban J connectivity index is 2.08. The summed E-state index contributed by atoms with van der Waals surface area (Å²) in [6, 6.07) is 3.03. The summed E-state index contributed by atoms with van der Waals surface area (Å²) >= 11 is 0. The molecule has 23 heavy (non-hydrogen) atoms. The van der Waals surface area contributed by atoms with Gasteiger partial charge in [0.2, 0.25) is 5.91 Å². The molecule has 1 N–H and O–H groups in total.